The highest BCUT2D eigenvalue weighted by molar-refractivity contribution is 5.84. The molecule has 0 aromatic carbocycles. The van der Waals surface area contributed by atoms with E-state index < -0.39 is 5.60 Å². The molecule has 3 N–H and O–H groups in total. The molecule has 8 heteroatoms. The molecule has 2 amide bonds. The summed E-state index contributed by atoms with van der Waals surface area (Å²) in [6.07, 6.45) is 1.80. The van der Waals surface area contributed by atoms with Crippen molar-refractivity contribution in [2.45, 2.75) is 45.3 Å². The first-order valence-corrected chi connectivity index (χ1v) is 8.07. The van der Waals surface area contributed by atoms with Crippen LogP contribution in [0, 0.1) is 0 Å². The van der Waals surface area contributed by atoms with Crippen molar-refractivity contribution in [1.82, 2.24) is 15.1 Å². The molecule has 23 heavy (non-hydrogen) atoms. The van der Waals surface area contributed by atoms with Gasteiger partial charge in [-0.2, -0.15) is 0 Å². The minimum Gasteiger partial charge on any atom is -0.444 e. The van der Waals surface area contributed by atoms with Crippen molar-refractivity contribution < 1.29 is 14.3 Å². The van der Waals surface area contributed by atoms with Gasteiger partial charge in [-0.15, -0.1) is 0 Å². The molecule has 1 aliphatic heterocycles. The van der Waals surface area contributed by atoms with Crippen molar-refractivity contribution in [3.05, 3.63) is 0 Å². The number of rotatable bonds is 3. The number of nitrogens with one attached hydrogen (secondary N) is 1. The number of amides is 2. The van der Waals surface area contributed by atoms with Crippen molar-refractivity contribution in [3.63, 3.8) is 0 Å². The molecule has 1 heterocycles. The van der Waals surface area contributed by atoms with E-state index in [-0.39, 0.29) is 18.5 Å². The van der Waals surface area contributed by atoms with Gasteiger partial charge in [-0.25, -0.2) is 9.79 Å². The monoisotopic (exact) mass is 325 g/mol. The van der Waals surface area contributed by atoms with Crippen LogP contribution < -0.4 is 11.1 Å². The highest BCUT2D eigenvalue weighted by atomic mass is 16.6. The Hall–Kier alpha value is -1.99. The molecule has 1 aliphatic carbocycles. The van der Waals surface area contributed by atoms with Crippen LogP contribution >= 0.6 is 0 Å². The van der Waals surface area contributed by atoms with Gasteiger partial charge in [0, 0.05) is 32.2 Å². The van der Waals surface area contributed by atoms with Gasteiger partial charge >= 0.3 is 6.09 Å². The molecule has 130 valence electrons. The van der Waals surface area contributed by atoms with Crippen LogP contribution in [0.2, 0.25) is 0 Å². The van der Waals surface area contributed by atoms with E-state index in [1.54, 1.807) is 4.90 Å². The maximum absolute atomic E-state index is 12.0. The number of nitrogens with two attached hydrogens (primary N) is 1. The van der Waals surface area contributed by atoms with Crippen LogP contribution in [0.4, 0.5) is 4.79 Å². The van der Waals surface area contributed by atoms with Gasteiger partial charge in [0.15, 0.2) is 5.96 Å². The molecule has 1 saturated carbocycles. The van der Waals surface area contributed by atoms with Crippen molar-refractivity contribution in [2.24, 2.45) is 10.7 Å². The van der Waals surface area contributed by atoms with Crippen LogP contribution in [-0.2, 0) is 9.53 Å². The van der Waals surface area contributed by atoms with Gasteiger partial charge in [-0.1, -0.05) is 0 Å². The number of carbonyl (C=O) groups is 2. The van der Waals surface area contributed by atoms with Crippen LogP contribution in [0.3, 0.4) is 0 Å². The fourth-order valence-corrected chi connectivity index (χ4v) is 2.20. The zero-order chi connectivity index (χ0) is 17.0. The molecule has 2 fully saturated rings. The summed E-state index contributed by atoms with van der Waals surface area (Å²) in [6.45, 7) is 7.81. The summed E-state index contributed by atoms with van der Waals surface area (Å²) < 4.78 is 5.35. The van der Waals surface area contributed by atoms with Gasteiger partial charge in [-0.3, -0.25) is 4.79 Å². The second kappa shape index (κ2) is 7.06. The predicted molar refractivity (Wildman–Crippen MR) is 87.0 cm³/mol. The minimum absolute atomic E-state index is 0.0502. The molecule has 0 radical (unpaired) electrons. The quantitative estimate of drug-likeness (QED) is 0.567. The van der Waals surface area contributed by atoms with Gasteiger partial charge in [-0.05, 0) is 33.6 Å². The van der Waals surface area contributed by atoms with Gasteiger partial charge < -0.3 is 25.6 Å². The van der Waals surface area contributed by atoms with Crippen molar-refractivity contribution in [3.8, 4) is 0 Å². The summed E-state index contributed by atoms with van der Waals surface area (Å²) in [4.78, 5) is 31.3. The van der Waals surface area contributed by atoms with E-state index in [1.807, 2.05) is 25.7 Å². The Morgan fingerprint density at radius 2 is 1.74 bits per heavy atom. The average molecular weight is 325 g/mol. The first-order chi connectivity index (χ1) is 10.7. The Bertz CT molecular complexity index is 474. The predicted octanol–water partition coefficient (Wildman–Crippen LogP) is 0.132. The Morgan fingerprint density at radius 3 is 2.26 bits per heavy atom. The van der Waals surface area contributed by atoms with Crippen LogP contribution in [0.1, 0.15) is 33.6 Å². The highest BCUT2D eigenvalue weighted by Gasteiger charge is 2.26. The minimum atomic E-state index is -0.496. The number of hydrogen-bond acceptors (Lipinski definition) is 4. The van der Waals surface area contributed by atoms with E-state index in [0.717, 1.165) is 12.8 Å². The third kappa shape index (κ3) is 5.96. The van der Waals surface area contributed by atoms with Gasteiger partial charge in [0.2, 0.25) is 5.91 Å². The molecule has 2 rings (SSSR count). The molecular formula is C15H27N5O3. The third-order valence-electron chi connectivity index (χ3n) is 3.58. The molecule has 8 nitrogen and oxygen atoms in total. The Morgan fingerprint density at radius 1 is 1.17 bits per heavy atom. The van der Waals surface area contributed by atoms with E-state index >= 15 is 0 Å². The number of hydrogen-bond donors (Lipinski definition) is 2. The summed E-state index contributed by atoms with van der Waals surface area (Å²) in [5, 5.41) is 2.87. The molecule has 0 aromatic rings. The number of ether oxygens (including phenoxy) is 1. The van der Waals surface area contributed by atoms with Crippen LogP contribution in [0.15, 0.2) is 4.99 Å². The largest absolute Gasteiger partial charge is 0.444 e. The van der Waals surface area contributed by atoms with Gasteiger partial charge in [0.05, 0.1) is 0 Å². The topological polar surface area (TPSA) is 100 Å². The molecular weight excluding hydrogens is 298 g/mol. The first kappa shape index (κ1) is 17.4. The smallest absolute Gasteiger partial charge is 0.410 e. The lowest BCUT2D eigenvalue weighted by molar-refractivity contribution is -0.119. The fourth-order valence-electron chi connectivity index (χ4n) is 2.20. The second-order valence-corrected chi connectivity index (χ2v) is 6.97. The maximum atomic E-state index is 12.0. The Labute approximate surface area is 137 Å². The van der Waals surface area contributed by atoms with Crippen LogP contribution in [0.5, 0.6) is 0 Å². The number of aliphatic imine (C=N–C) groups is 1. The Balaban J connectivity index is 1.74. The summed E-state index contributed by atoms with van der Waals surface area (Å²) in [5.74, 6) is 0.252. The van der Waals surface area contributed by atoms with E-state index in [4.69, 9.17) is 10.5 Å². The lowest BCUT2D eigenvalue weighted by atomic mass is 10.2. The van der Waals surface area contributed by atoms with Crippen LogP contribution in [0.25, 0.3) is 0 Å². The third-order valence-corrected chi connectivity index (χ3v) is 3.58. The lowest BCUT2D eigenvalue weighted by Gasteiger charge is -2.36. The summed E-state index contributed by atoms with van der Waals surface area (Å²) >= 11 is 0. The zero-order valence-electron chi connectivity index (χ0n) is 14.2. The normalized spacial score (nSPS) is 19.5. The number of piperazine rings is 1. The number of guanidine groups is 1. The maximum Gasteiger partial charge on any atom is 0.410 e. The summed E-state index contributed by atoms with van der Waals surface area (Å²) in [5.41, 5.74) is 5.43. The number of carbonyl (C=O) groups excluding carboxylic acids is 2. The van der Waals surface area contributed by atoms with E-state index in [0.29, 0.717) is 38.2 Å². The Kier molecular flexibility index (Phi) is 5.33. The highest BCUT2D eigenvalue weighted by Crippen LogP contribution is 2.18. The van der Waals surface area contributed by atoms with Crippen LogP contribution in [-0.4, -0.2) is 72.1 Å². The summed E-state index contributed by atoms with van der Waals surface area (Å²) in [6, 6.07) is 0.330. The van der Waals surface area contributed by atoms with Crippen molar-refractivity contribution in [1.29, 1.82) is 0 Å². The summed E-state index contributed by atoms with van der Waals surface area (Å²) in [7, 11) is 0. The number of nitrogens with zero attached hydrogens (tertiary/aromatic N) is 3. The first-order valence-electron chi connectivity index (χ1n) is 8.07. The van der Waals surface area contributed by atoms with E-state index in [1.165, 1.54) is 0 Å². The van der Waals surface area contributed by atoms with Crippen molar-refractivity contribution >= 4 is 18.0 Å². The average Bonchev–Trinajstić information content (AvgIpc) is 3.27. The van der Waals surface area contributed by atoms with Gasteiger partial charge in [0.25, 0.3) is 0 Å². The van der Waals surface area contributed by atoms with E-state index in [2.05, 4.69) is 10.3 Å². The lowest BCUT2D eigenvalue weighted by Crippen LogP contribution is -2.53. The fraction of sp³-hybridized carbons (Fsp3) is 0.800. The molecule has 0 aromatic heterocycles. The molecule has 0 unspecified atom stereocenters. The zero-order valence-corrected chi connectivity index (χ0v) is 14.2. The second-order valence-electron chi connectivity index (χ2n) is 6.97. The standard InChI is InChI=1S/C15H27N5O3/c1-15(2,3)23-14(22)20-8-6-19(7-9-20)13(16)17-10-12(21)18-11-4-5-11/h11H,4-10H2,1-3H3,(H2,16,17)(H,18,21). The molecule has 0 spiro atoms. The molecule has 0 atom stereocenters. The van der Waals surface area contributed by atoms with E-state index in [9.17, 15) is 9.59 Å². The van der Waals surface area contributed by atoms with Gasteiger partial charge in [0.1, 0.15) is 12.1 Å². The SMILES string of the molecule is CC(C)(C)OC(=O)N1CCN(C(N)=NCC(=O)NC2CC2)CC1. The molecule has 2 aliphatic rings. The van der Waals surface area contributed by atoms with Crippen molar-refractivity contribution in [2.75, 3.05) is 32.7 Å². The molecule has 1 saturated heterocycles. The molecule has 0 bridgehead atoms.